The summed E-state index contributed by atoms with van der Waals surface area (Å²) in [6.07, 6.45) is 1.82. The van der Waals surface area contributed by atoms with Gasteiger partial charge in [-0.05, 0) is 48.5 Å². The number of amides is 3. The number of rotatable bonds is 5. The average molecular weight is 449 g/mol. The molecule has 3 amide bonds. The second-order valence-corrected chi connectivity index (χ2v) is 8.26. The number of hydrogen-bond acceptors (Lipinski definition) is 6. The lowest BCUT2D eigenvalue weighted by Gasteiger charge is -2.20. The second-order valence-electron chi connectivity index (χ2n) is 7.25. The number of thiazole rings is 1. The SMILES string of the molecule is O=C(c1cccc(N2C(=O)CCC2=O)c1)N(Cc1ccco1)c1nc2ccc(F)cc2s1. The third kappa shape index (κ3) is 3.67. The maximum Gasteiger partial charge on any atom is 0.260 e. The monoisotopic (exact) mass is 449 g/mol. The molecule has 32 heavy (non-hydrogen) atoms. The van der Waals surface area contributed by atoms with E-state index in [1.54, 1.807) is 36.4 Å². The minimum atomic E-state index is -0.387. The fourth-order valence-corrected chi connectivity index (χ4v) is 4.57. The quantitative estimate of drug-likeness (QED) is 0.418. The highest BCUT2D eigenvalue weighted by molar-refractivity contribution is 7.22. The molecular weight excluding hydrogens is 433 g/mol. The van der Waals surface area contributed by atoms with Gasteiger partial charge in [0.05, 0.1) is 28.7 Å². The van der Waals surface area contributed by atoms with Crippen LogP contribution < -0.4 is 9.80 Å². The summed E-state index contributed by atoms with van der Waals surface area (Å²) in [5.41, 5.74) is 1.21. The summed E-state index contributed by atoms with van der Waals surface area (Å²) in [6.45, 7) is 0.111. The predicted molar refractivity (Wildman–Crippen MR) is 117 cm³/mol. The Hall–Kier alpha value is -3.85. The molecule has 160 valence electrons. The van der Waals surface area contributed by atoms with E-state index in [2.05, 4.69) is 4.98 Å². The average Bonchev–Trinajstić information content (AvgIpc) is 3.52. The molecule has 0 atom stereocenters. The Balaban J connectivity index is 1.54. The van der Waals surface area contributed by atoms with Gasteiger partial charge >= 0.3 is 0 Å². The Morgan fingerprint density at radius 3 is 2.66 bits per heavy atom. The van der Waals surface area contributed by atoms with Gasteiger partial charge in [0, 0.05) is 18.4 Å². The van der Waals surface area contributed by atoms with Crippen molar-refractivity contribution >= 4 is 50.1 Å². The standard InChI is InChI=1S/C23H16FN3O4S/c24-15-6-7-18-19(12-15)32-23(25-18)26(13-17-5-2-10-31-17)22(30)14-3-1-4-16(11-14)27-20(28)8-9-21(27)29/h1-7,10-12H,8-9,13H2. The summed E-state index contributed by atoms with van der Waals surface area (Å²) in [7, 11) is 0. The van der Waals surface area contributed by atoms with Crippen molar-refractivity contribution in [1.29, 1.82) is 0 Å². The number of fused-ring (bicyclic) bond motifs is 1. The maximum atomic E-state index is 13.7. The van der Waals surface area contributed by atoms with Gasteiger partial charge in [-0.1, -0.05) is 17.4 Å². The Bertz CT molecular complexity index is 1330. The smallest absolute Gasteiger partial charge is 0.260 e. The van der Waals surface area contributed by atoms with E-state index in [9.17, 15) is 18.8 Å². The molecule has 0 radical (unpaired) electrons. The third-order valence-corrected chi connectivity index (χ3v) is 6.15. The molecule has 0 bridgehead atoms. The first-order valence-electron chi connectivity index (χ1n) is 9.86. The number of halogens is 1. The number of hydrogen-bond donors (Lipinski definition) is 0. The van der Waals surface area contributed by atoms with Crippen molar-refractivity contribution in [3.8, 4) is 0 Å². The van der Waals surface area contributed by atoms with Crippen molar-refractivity contribution in [3.05, 3.63) is 78.0 Å². The van der Waals surface area contributed by atoms with Crippen LogP contribution >= 0.6 is 11.3 Å². The van der Waals surface area contributed by atoms with Crippen LogP contribution in [0, 0.1) is 5.82 Å². The molecule has 0 unspecified atom stereocenters. The van der Waals surface area contributed by atoms with E-state index in [0.717, 1.165) is 4.90 Å². The van der Waals surface area contributed by atoms with Gasteiger partial charge in [0.1, 0.15) is 11.6 Å². The normalized spacial score (nSPS) is 13.8. The number of furan rings is 1. The molecule has 1 aliphatic rings. The van der Waals surface area contributed by atoms with E-state index in [1.807, 2.05) is 0 Å². The Morgan fingerprint density at radius 1 is 1.09 bits per heavy atom. The zero-order valence-electron chi connectivity index (χ0n) is 16.7. The highest BCUT2D eigenvalue weighted by Crippen LogP contribution is 2.32. The molecule has 4 aromatic rings. The first kappa shape index (κ1) is 20.1. The highest BCUT2D eigenvalue weighted by Gasteiger charge is 2.31. The summed E-state index contributed by atoms with van der Waals surface area (Å²) in [5.74, 6) is -0.809. The number of anilines is 2. The van der Waals surface area contributed by atoms with Gasteiger partial charge in [-0.25, -0.2) is 9.37 Å². The van der Waals surface area contributed by atoms with Crippen LogP contribution in [0.3, 0.4) is 0 Å². The van der Waals surface area contributed by atoms with Crippen molar-refractivity contribution in [2.24, 2.45) is 0 Å². The number of benzene rings is 2. The zero-order valence-corrected chi connectivity index (χ0v) is 17.5. The maximum absolute atomic E-state index is 13.7. The lowest BCUT2D eigenvalue weighted by Crippen LogP contribution is -2.31. The van der Waals surface area contributed by atoms with Gasteiger partial charge < -0.3 is 4.42 Å². The number of imide groups is 1. The van der Waals surface area contributed by atoms with Crippen molar-refractivity contribution in [2.45, 2.75) is 19.4 Å². The fourth-order valence-electron chi connectivity index (χ4n) is 3.58. The molecule has 1 saturated heterocycles. The van der Waals surface area contributed by atoms with Crippen LogP contribution in [0.15, 0.2) is 65.3 Å². The molecule has 0 saturated carbocycles. The minimum Gasteiger partial charge on any atom is -0.467 e. The van der Waals surface area contributed by atoms with Gasteiger partial charge in [-0.3, -0.25) is 24.2 Å². The Labute approximate surface area is 185 Å². The molecule has 5 rings (SSSR count). The van der Waals surface area contributed by atoms with Gasteiger partial charge in [0.2, 0.25) is 11.8 Å². The number of carbonyl (C=O) groups excluding carboxylic acids is 3. The van der Waals surface area contributed by atoms with Gasteiger partial charge in [0.25, 0.3) is 5.91 Å². The van der Waals surface area contributed by atoms with Crippen LogP contribution in [-0.4, -0.2) is 22.7 Å². The number of aromatic nitrogens is 1. The number of carbonyl (C=O) groups is 3. The largest absolute Gasteiger partial charge is 0.467 e. The third-order valence-electron chi connectivity index (χ3n) is 5.11. The molecule has 2 aromatic heterocycles. The van der Waals surface area contributed by atoms with Crippen LogP contribution in [0.25, 0.3) is 10.2 Å². The second kappa shape index (κ2) is 8.01. The molecule has 2 aromatic carbocycles. The molecule has 9 heteroatoms. The molecule has 1 aliphatic heterocycles. The molecule has 7 nitrogen and oxygen atoms in total. The first-order valence-corrected chi connectivity index (χ1v) is 10.7. The van der Waals surface area contributed by atoms with E-state index in [1.165, 1.54) is 40.7 Å². The van der Waals surface area contributed by atoms with Crippen molar-refractivity contribution in [3.63, 3.8) is 0 Å². The molecule has 0 N–H and O–H groups in total. The van der Waals surface area contributed by atoms with E-state index in [0.29, 0.717) is 26.8 Å². The summed E-state index contributed by atoms with van der Waals surface area (Å²) in [6, 6.07) is 14.1. The summed E-state index contributed by atoms with van der Waals surface area (Å²) < 4.78 is 19.7. The predicted octanol–water partition coefficient (Wildman–Crippen LogP) is 4.53. The van der Waals surface area contributed by atoms with E-state index >= 15 is 0 Å². The molecule has 0 aliphatic carbocycles. The van der Waals surface area contributed by atoms with Crippen LogP contribution in [-0.2, 0) is 16.1 Å². The topological polar surface area (TPSA) is 83.7 Å². The fraction of sp³-hybridized carbons (Fsp3) is 0.130. The molecule has 3 heterocycles. The molecule has 0 spiro atoms. The molecular formula is C23H16FN3O4S. The lowest BCUT2D eigenvalue weighted by molar-refractivity contribution is -0.121. The minimum absolute atomic E-state index is 0.111. The van der Waals surface area contributed by atoms with Crippen molar-refractivity contribution in [1.82, 2.24) is 4.98 Å². The number of nitrogens with zero attached hydrogens (tertiary/aromatic N) is 3. The van der Waals surface area contributed by atoms with E-state index in [-0.39, 0.29) is 48.5 Å². The van der Waals surface area contributed by atoms with Gasteiger partial charge in [0.15, 0.2) is 5.13 Å². The Kier molecular flexibility index (Phi) is 5.02. The summed E-state index contributed by atoms with van der Waals surface area (Å²) >= 11 is 1.19. The van der Waals surface area contributed by atoms with Crippen LogP contribution in [0.2, 0.25) is 0 Å². The molecule has 1 fully saturated rings. The van der Waals surface area contributed by atoms with Gasteiger partial charge in [-0.2, -0.15) is 0 Å². The Morgan fingerprint density at radius 2 is 1.91 bits per heavy atom. The van der Waals surface area contributed by atoms with E-state index in [4.69, 9.17) is 4.42 Å². The lowest BCUT2D eigenvalue weighted by atomic mass is 10.1. The van der Waals surface area contributed by atoms with Crippen LogP contribution in [0.4, 0.5) is 15.2 Å². The van der Waals surface area contributed by atoms with E-state index < -0.39 is 0 Å². The summed E-state index contributed by atoms with van der Waals surface area (Å²) in [4.78, 5) is 44.8. The van der Waals surface area contributed by atoms with Crippen molar-refractivity contribution < 1.29 is 23.2 Å². The highest BCUT2D eigenvalue weighted by atomic mass is 32.1. The van der Waals surface area contributed by atoms with Crippen LogP contribution in [0.5, 0.6) is 0 Å². The first-order chi connectivity index (χ1) is 15.5. The van der Waals surface area contributed by atoms with Crippen molar-refractivity contribution in [2.75, 3.05) is 9.80 Å². The van der Waals surface area contributed by atoms with Gasteiger partial charge in [-0.15, -0.1) is 0 Å². The summed E-state index contributed by atoms with van der Waals surface area (Å²) in [5, 5.41) is 0.380. The van der Waals surface area contributed by atoms with Crippen LogP contribution in [0.1, 0.15) is 29.0 Å². The zero-order chi connectivity index (χ0) is 22.2.